The van der Waals surface area contributed by atoms with Crippen LogP contribution in [-0.4, -0.2) is 55.3 Å². The number of ether oxygens (including phenoxy) is 2. The van der Waals surface area contributed by atoms with Crippen molar-refractivity contribution in [2.24, 2.45) is 5.92 Å². The van der Waals surface area contributed by atoms with Crippen LogP contribution in [-0.2, 0) is 19.1 Å². The minimum absolute atomic E-state index is 0.0311. The third kappa shape index (κ3) is 4.07. The number of likely N-dealkylation sites (N-methyl/N-ethyl adjacent to an activating group) is 1. The van der Waals surface area contributed by atoms with Gasteiger partial charge in [-0.3, -0.25) is 4.79 Å². The summed E-state index contributed by atoms with van der Waals surface area (Å²) in [6, 6.07) is 10.9. The highest BCUT2D eigenvalue weighted by Gasteiger charge is 2.53. The predicted octanol–water partition coefficient (Wildman–Crippen LogP) is 3.82. The molecule has 2 aliphatic heterocycles. The molecule has 0 spiro atoms. The van der Waals surface area contributed by atoms with Gasteiger partial charge in [-0.25, -0.2) is 4.79 Å². The third-order valence-electron chi connectivity index (χ3n) is 7.84. The Morgan fingerprint density at radius 3 is 2.24 bits per heavy atom. The quantitative estimate of drug-likeness (QED) is 0.538. The largest absolute Gasteiger partial charge is 0.465 e. The van der Waals surface area contributed by atoms with Crippen LogP contribution in [0.15, 0.2) is 30.3 Å². The van der Waals surface area contributed by atoms with Crippen LogP contribution in [0.2, 0.25) is 0 Å². The van der Waals surface area contributed by atoms with Gasteiger partial charge >= 0.3 is 11.9 Å². The van der Waals surface area contributed by atoms with E-state index < -0.39 is 0 Å². The Balaban J connectivity index is 1.45. The van der Waals surface area contributed by atoms with E-state index in [1.54, 1.807) is 0 Å². The summed E-state index contributed by atoms with van der Waals surface area (Å²) in [5.41, 5.74) is 1.09. The number of hydrogen-bond acceptors (Lipinski definition) is 4. The van der Waals surface area contributed by atoms with Crippen LogP contribution < -0.4 is 0 Å². The van der Waals surface area contributed by atoms with Gasteiger partial charge in [0.15, 0.2) is 6.54 Å². The number of hydrogen-bond donors (Lipinski definition) is 0. The molecule has 0 radical (unpaired) electrons. The van der Waals surface area contributed by atoms with Gasteiger partial charge < -0.3 is 14.0 Å². The molecule has 2 saturated heterocycles. The van der Waals surface area contributed by atoms with Gasteiger partial charge in [-0.2, -0.15) is 0 Å². The summed E-state index contributed by atoms with van der Waals surface area (Å²) in [6.45, 7) is 0.418. The SMILES string of the molecule is COC(=O)C[N+]1(C)C2CCC1CC(OC(=O)C(c1ccccc1)C1CCCC1)C2. The minimum Gasteiger partial charge on any atom is -0.465 e. The number of piperidine rings is 1. The van der Waals surface area contributed by atoms with Crippen molar-refractivity contribution in [1.29, 1.82) is 0 Å². The number of nitrogens with zero attached hydrogens (tertiary/aromatic N) is 1. The lowest BCUT2D eigenvalue weighted by Gasteiger charge is -2.46. The Bertz CT molecular complexity index is 714. The first-order valence-corrected chi connectivity index (χ1v) is 11.2. The van der Waals surface area contributed by atoms with E-state index in [2.05, 4.69) is 19.2 Å². The smallest absolute Gasteiger partial charge is 0.361 e. The molecular formula is C24H34NO4+. The Morgan fingerprint density at radius 1 is 1.03 bits per heavy atom. The number of methoxy groups -OCH3 is 1. The number of carbonyl (C=O) groups is 2. The highest BCUT2D eigenvalue weighted by molar-refractivity contribution is 5.79. The van der Waals surface area contributed by atoms with Crippen LogP contribution in [0, 0.1) is 5.92 Å². The molecule has 3 aliphatic rings. The van der Waals surface area contributed by atoms with E-state index in [9.17, 15) is 9.59 Å². The maximum Gasteiger partial charge on any atom is 0.361 e. The molecule has 2 heterocycles. The van der Waals surface area contributed by atoms with Crippen molar-refractivity contribution < 1.29 is 23.5 Å². The Morgan fingerprint density at radius 2 is 1.66 bits per heavy atom. The highest BCUT2D eigenvalue weighted by atomic mass is 16.5. The van der Waals surface area contributed by atoms with Crippen LogP contribution in [0.1, 0.15) is 62.8 Å². The number of benzene rings is 1. The summed E-state index contributed by atoms with van der Waals surface area (Å²) in [7, 11) is 3.63. The van der Waals surface area contributed by atoms with Crippen LogP contribution in [0.4, 0.5) is 0 Å². The molecule has 5 heteroatoms. The molecular weight excluding hydrogens is 366 g/mol. The fourth-order valence-corrected chi connectivity index (χ4v) is 6.18. The summed E-state index contributed by atoms with van der Waals surface area (Å²) >= 11 is 0. The second kappa shape index (κ2) is 8.47. The van der Waals surface area contributed by atoms with Crippen molar-refractivity contribution in [3.63, 3.8) is 0 Å². The molecule has 29 heavy (non-hydrogen) atoms. The first kappa shape index (κ1) is 20.4. The van der Waals surface area contributed by atoms with Gasteiger partial charge in [0.1, 0.15) is 6.10 Å². The minimum atomic E-state index is -0.148. The van der Waals surface area contributed by atoms with E-state index >= 15 is 0 Å². The molecule has 0 amide bonds. The molecule has 0 aromatic heterocycles. The summed E-state index contributed by atoms with van der Waals surface area (Å²) in [4.78, 5) is 25.3. The van der Waals surface area contributed by atoms with Gasteiger partial charge in [0.05, 0.1) is 32.2 Å². The van der Waals surface area contributed by atoms with Crippen LogP contribution in [0.25, 0.3) is 0 Å². The molecule has 3 unspecified atom stereocenters. The van der Waals surface area contributed by atoms with E-state index in [0.29, 0.717) is 24.5 Å². The van der Waals surface area contributed by atoms with Crippen molar-refractivity contribution in [1.82, 2.24) is 0 Å². The summed E-state index contributed by atoms with van der Waals surface area (Å²) in [5.74, 6) is 0.0570. The number of esters is 2. The Hall–Kier alpha value is -1.88. The van der Waals surface area contributed by atoms with Crippen molar-refractivity contribution in [3.05, 3.63) is 35.9 Å². The van der Waals surface area contributed by atoms with Gasteiger partial charge in [-0.05, 0) is 24.3 Å². The molecule has 1 aromatic carbocycles. The molecule has 3 atom stereocenters. The zero-order chi connectivity index (χ0) is 20.4. The average Bonchev–Trinajstić information content (AvgIpc) is 3.26. The molecule has 5 nitrogen and oxygen atoms in total. The van der Waals surface area contributed by atoms with Crippen molar-refractivity contribution >= 4 is 11.9 Å². The molecule has 1 aliphatic carbocycles. The van der Waals surface area contributed by atoms with Gasteiger partial charge in [0, 0.05) is 25.7 Å². The van der Waals surface area contributed by atoms with Crippen LogP contribution in [0.5, 0.6) is 0 Å². The normalized spacial score (nSPS) is 32.7. The zero-order valence-corrected chi connectivity index (χ0v) is 17.7. The lowest BCUT2D eigenvalue weighted by Crippen LogP contribution is -2.61. The topological polar surface area (TPSA) is 52.6 Å². The maximum atomic E-state index is 13.3. The number of quaternary nitrogens is 1. The maximum absolute atomic E-state index is 13.3. The number of fused-ring (bicyclic) bond motifs is 2. The van der Waals surface area contributed by atoms with Crippen molar-refractivity contribution in [3.8, 4) is 0 Å². The van der Waals surface area contributed by atoms with E-state index in [1.165, 1.54) is 20.0 Å². The van der Waals surface area contributed by atoms with Gasteiger partial charge in [0.2, 0.25) is 0 Å². The van der Waals surface area contributed by atoms with Gasteiger partial charge in [-0.1, -0.05) is 43.2 Å². The molecule has 3 fully saturated rings. The van der Waals surface area contributed by atoms with E-state index in [4.69, 9.17) is 9.47 Å². The monoisotopic (exact) mass is 400 g/mol. The Kier molecular flexibility index (Phi) is 5.95. The lowest BCUT2D eigenvalue weighted by atomic mass is 9.84. The fraction of sp³-hybridized carbons (Fsp3) is 0.667. The second-order valence-electron chi connectivity index (χ2n) is 9.43. The third-order valence-corrected chi connectivity index (χ3v) is 7.84. The van der Waals surface area contributed by atoms with E-state index in [-0.39, 0.29) is 24.0 Å². The van der Waals surface area contributed by atoms with Crippen LogP contribution >= 0.6 is 0 Å². The fourth-order valence-electron chi connectivity index (χ4n) is 6.18. The standard InChI is InChI=1S/C24H34NO4/c1-25(16-22(26)28-2)19-12-13-20(25)15-21(14-19)29-24(27)23(18-10-6-7-11-18)17-8-4-3-5-9-17/h3-5,8-9,18-21,23H,6-7,10-16H2,1-2H3/q+1. The summed E-state index contributed by atoms with van der Waals surface area (Å²) < 4.78 is 11.8. The lowest BCUT2D eigenvalue weighted by molar-refractivity contribution is -0.942. The average molecular weight is 401 g/mol. The second-order valence-corrected chi connectivity index (χ2v) is 9.43. The predicted molar refractivity (Wildman–Crippen MR) is 110 cm³/mol. The van der Waals surface area contributed by atoms with Crippen molar-refractivity contribution in [2.75, 3.05) is 20.7 Å². The molecule has 0 N–H and O–H groups in total. The Labute approximate surface area is 174 Å². The molecule has 4 rings (SSSR count). The number of carbonyl (C=O) groups excluding carboxylic acids is 2. The van der Waals surface area contributed by atoms with Gasteiger partial charge in [0.25, 0.3) is 0 Å². The molecule has 1 saturated carbocycles. The van der Waals surface area contributed by atoms with Crippen LogP contribution in [0.3, 0.4) is 0 Å². The first-order valence-electron chi connectivity index (χ1n) is 11.2. The number of rotatable bonds is 6. The summed E-state index contributed by atoms with van der Waals surface area (Å²) in [5, 5.41) is 0. The highest BCUT2D eigenvalue weighted by Crippen LogP contribution is 2.43. The zero-order valence-electron chi connectivity index (χ0n) is 17.7. The summed E-state index contributed by atoms with van der Waals surface area (Å²) in [6.07, 6.45) is 8.49. The van der Waals surface area contributed by atoms with E-state index in [0.717, 1.165) is 48.6 Å². The first-order chi connectivity index (χ1) is 14.0. The van der Waals surface area contributed by atoms with Gasteiger partial charge in [-0.15, -0.1) is 0 Å². The van der Waals surface area contributed by atoms with Crippen molar-refractivity contribution in [2.45, 2.75) is 75.5 Å². The molecule has 1 aromatic rings. The molecule has 2 bridgehead atoms. The molecule has 158 valence electrons. The van der Waals surface area contributed by atoms with E-state index in [1.807, 2.05) is 18.2 Å².